The standard InChI is InChI=1S/C20H22N2O10/c1-9(23)29-8-14-15(30-10(2)24)16(31-11(3)25)17(20(21,28)32-14)22-18(26)12-6-4-5-7-13(12)19(22)27/h4-7,14-17,28H,8,21H2,1-3H3/t14-,15-,16+,17-,20+/m1/s1. The van der Waals surface area contributed by atoms with Crippen LogP contribution in [0.4, 0.5) is 0 Å². The van der Waals surface area contributed by atoms with Gasteiger partial charge in [-0.2, -0.15) is 0 Å². The van der Waals surface area contributed by atoms with Gasteiger partial charge in [0.15, 0.2) is 12.2 Å². The van der Waals surface area contributed by atoms with Crippen molar-refractivity contribution in [3.63, 3.8) is 0 Å². The summed E-state index contributed by atoms with van der Waals surface area (Å²) >= 11 is 0. The third-order valence-electron chi connectivity index (χ3n) is 4.92. The Balaban J connectivity index is 2.08. The van der Waals surface area contributed by atoms with Crippen molar-refractivity contribution in [1.29, 1.82) is 0 Å². The van der Waals surface area contributed by atoms with Crippen LogP contribution in [0.1, 0.15) is 41.5 Å². The number of amides is 2. The minimum absolute atomic E-state index is 0.0425. The zero-order valence-electron chi connectivity index (χ0n) is 17.5. The summed E-state index contributed by atoms with van der Waals surface area (Å²) in [5.41, 5.74) is 6.02. The van der Waals surface area contributed by atoms with Crippen molar-refractivity contribution in [2.75, 3.05) is 6.61 Å². The molecule has 5 atom stereocenters. The third kappa shape index (κ3) is 4.33. The molecule has 0 aliphatic carbocycles. The molecule has 172 valence electrons. The predicted octanol–water partition coefficient (Wildman–Crippen LogP) is -0.919. The Labute approximate surface area is 182 Å². The summed E-state index contributed by atoms with van der Waals surface area (Å²) in [6.07, 6.45) is -4.50. The van der Waals surface area contributed by atoms with Gasteiger partial charge in [0.1, 0.15) is 18.8 Å². The maximum absolute atomic E-state index is 13.0. The minimum Gasteiger partial charge on any atom is -0.463 e. The average molecular weight is 450 g/mol. The normalized spacial score (nSPS) is 29.3. The Kier molecular flexibility index (Phi) is 6.30. The van der Waals surface area contributed by atoms with E-state index in [0.29, 0.717) is 4.90 Å². The van der Waals surface area contributed by atoms with Gasteiger partial charge in [0, 0.05) is 20.8 Å². The number of imide groups is 1. The SMILES string of the molecule is CC(=O)OC[C@H]1O[C@@](N)(O)[C@H](N2C(=O)c3ccccc3C2=O)[C@@H](OC(C)=O)[C@@H]1OC(C)=O. The number of esters is 3. The Morgan fingerprint density at radius 1 is 1.00 bits per heavy atom. The van der Waals surface area contributed by atoms with Gasteiger partial charge in [-0.05, 0) is 12.1 Å². The van der Waals surface area contributed by atoms with E-state index in [1.54, 1.807) is 12.1 Å². The zero-order valence-corrected chi connectivity index (χ0v) is 17.5. The van der Waals surface area contributed by atoms with Crippen LogP contribution in [0.15, 0.2) is 24.3 Å². The highest BCUT2D eigenvalue weighted by molar-refractivity contribution is 6.21. The average Bonchev–Trinajstić information content (AvgIpc) is 2.93. The van der Waals surface area contributed by atoms with Crippen LogP contribution in [0.25, 0.3) is 0 Å². The molecular formula is C20H22N2O10. The number of nitrogens with zero attached hydrogens (tertiary/aromatic N) is 1. The summed E-state index contributed by atoms with van der Waals surface area (Å²) in [7, 11) is 0. The summed E-state index contributed by atoms with van der Waals surface area (Å²) in [6.45, 7) is 2.69. The number of carbonyl (C=O) groups is 5. The van der Waals surface area contributed by atoms with Crippen molar-refractivity contribution in [2.24, 2.45) is 5.73 Å². The van der Waals surface area contributed by atoms with Crippen LogP contribution >= 0.6 is 0 Å². The molecule has 3 N–H and O–H groups in total. The number of rotatable bonds is 5. The van der Waals surface area contributed by atoms with E-state index >= 15 is 0 Å². The molecule has 2 aliphatic rings. The van der Waals surface area contributed by atoms with Gasteiger partial charge in [-0.3, -0.25) is 34.6 Å². The lowest BCUT2D eigenvalue weighted by atomic mass is 9.92. The number of hydrogen-bond donors (Lipinski definition) is 2. The van der Waals surface area contributed by atoms with Gasteiger partial charge in [0.2, 0.25) is 5.91 Å². The quantitative estimate of drug-likeness (QED) is 0.246. The van der Waals surface area contributed by atoms with E-state index in [-0.39, 0.29) is 11.1 Å². The van der Waals surface area contributed by atoms with Crippen LogP contribution in [0.2, 0.25) is 0 Å². The number of nitrogens with two attached hydrogens (primary N) is 1. The van der Waals surface area contributed by atoms with Gasteiger partial charge in [0.25, 0.3) is 11.8 Å². The summed E-state index contributed by atoms with van der Waals surface area (Å²) in [5, 5.41) is 10.9. The largest absolute Gasteiger partial charge is 0.463 e. The molecule has 1 saturated heterocycles. The molecule has 12 nitrogen and oxygen atoms in total. The molecule has 2 amide bonds. The molecule has 0 aromatic heterocycles. The Morgan fingerprint density at radius 3 is 1.97 bits per heavy atom. The van der Waals surface area contributed by atoms with Crippen LogP contribution in [-0.4, -0.2) is 76.6 Å². The molecule has 3 rings (SSSR count). The van der Waals surface area contributed by atoms with Gasteiger partial charge in [-0.15, -0.1) is 0 Å². The fraction of sp³-hybridized carbons (Fsp3) is 0.450. The molecule has 1 aromatic rings. The molecule has 32 heavy (non-hydrogen) atoms. The summed E-state index contributed by atoms with van der Waals surface area (Å²) in [4.78, 5) is 61.5. The molecule has 1 fully saturated rings. The monoisotopic (exact) mass is 450 g/mol. The maximum atomic E-state index is 13.0. The van der Waals surface area contributed by atoms with E-state index in [9.17, 15) is 29.1 Å². The van der Waals surface area contributed by atoms with E-state index in [4.69, 9.17) is 24.7 Å². The summed E-state index contributed by atoms with van der Waals surface area (Å²) in [5.74, 6) is -6.80. The van der Waals surface area contributed by atoms with Crippen molar-refractivity contribution >= 4 is 29.7 Å². The van der Waals surface area contributed by atoms with E-state index < -0.39 is 66.6 Å². The second-order valence-corrected chi connectivity index (χ2v) is 7.33. The van der Waals surface area contributed by atoms with Crippen molar-refractivity contribution < 1.29 is 48.0 Å². The van der Waals surface area contributed by atoms with Crippen LogP contribution < -0.4 is 5.73 Å². The first-order chi connectivity index (χ1) is 14.9. The number of carbonyl (C=O) groups excluding carboxylic acids is 5. The van der Waals surface area contributed by atoms with Crippen LogP contribution in [-0.2, 0) is 33.3 Å². The van der Waals surface area contributed by atoms with Gasteiger partial charge in [-0.1, -0.05) is 12.1 Å². The smallest absolute Gasteiger partial charge is 0.303 e. The van der Waals surface area contributed by atoms with Gasteiger partial charge < -0.3 is 24.1 Å². The molecule has 12 heteroatoms. The Bertz CT molecular complexity index is 940. The second kappa shape index (κ2) is 8.65. The van der Waals surface area contributed by atoms with E-state index in [1.165, 1.54) is 12.1 Å². The highest BCUT2D eigenvalue weighted by atomic mass is 16.7. The number of aliphatic hydroxyl groups is 1. The molecule has 1 aromatic carbocycles. The van der Waals surface area contributed by atoms with E-state index in [1.807, 2.05) is 0 Å². The van der Waals surface area contributed by atoms with Crippen molar-refractivity contribution in [3.05, 3.63) is 35.4 Å². The highest BCUT2D eigenvalue weighted by Crippen LogP contribution is 2.37. The topological polar surface area (TPSA) is 172 Å². The second-order valence-electron chi connectivity index (χ2n) is 7.33. The van der Waals surface area contributed by atoms with Gasteiger partial charge >= 0.3 is 17.9 Å². The first-order valence-corrected chi connectivity index (χ1v) is 9.57. The van der Waals surface area contributed by atoms with Crippen LogP contribution in [0, 0.1) is 0 Å². The van der Waals surface area contributed by atoms with Crippen molar-refractivity contribution in [1.82, 2.24) is 4.90 Å². The number of fused-ring (bicyclic) bond motifs is 1. The van der Waals surface area contributed by atoms with Gasteiger partial charge in [-0.25, -0.2) is 0 Å². The van der Waals surface area contributed by atoms with E-state index in [0.717, 1.165) is 20.8 Å². The maximum Gasteiger partial charge on any atom is 0.303 e. The fourth-order valence-electron chi connectivity index (χ4n) is 3.78. The first-order valence-electron chi connectivity index (χ1n) is 9.57. The summed E-state index contributed by atoms with van der Waals surface area (Å²) in [6, 6.07) is 4.10. The minimum atomic E-state index is -2.76. The zero-order chi connectivity index (χ0) is 23.8. The molecule has 0 radical (unpaired) electrons. The molecular weight excluding hydrogens is 428 g/mol. The van der Waals surface area contributed by atoms with Crippen molar-refractivity contribution in [3.8, 4) is 0 Å². The molecule has 2 aliphatic heterocycles. The van der Waals surface area contributed by atoms with Crippen molar-refractivity contribution in [2.45, 2.75) is 51.0 Å². The number of ether oxygens (including phenoxy) is 4. The first kappa shape index (κ1) is 23.3. The molecule has 0 spiro atoms. The predicted molar refractivity (Wildman–Crippen MR) is 102 cm³/mol. The Morgan fingerprint density at radius 2 is 1.50 bits per heavy atom. The lowest BCUT2D eigenvalue weighted by Gasteiger charge is -2.49. The lowest BCUT2D eigenvalue weighted by Crippen LogP contribution is -2.75. The molecule has 2 heterocycles. The fourth-order valence-corrected chi connectivity index (χ4v) is 3.78. The van der Waals surface area contributed by atoms with Crippen LogP contribution in [0.5, 0.6) is 0 Å². The summed E-state index contributed by atoms with van der Waals surface area (Å²) < 4.78 is 20.8. The lowest BCUT2D eigenvalue weighted by molar-refractivity contribution is -0.327. The van der Waals surface area contributed by atoms with Crippen LogP contribution in [0.3, 0.4) is 0 Å². The highest BCUT2D eigenvalue weighted by Gasteiger charge is 2.61. The number of benzene rings is 1. The molecule has 0 saturated carbocycles. The van der Waals surface area contributed by atoms with Gasteiger partial charge in [0.05, 0.1) is 11.1 Å². The molecule has 0 unspecified atom stereocenters. The molecule has 0 bridgehead atoms. The van der Waals surface area contributed by atoms with E-state index in [2.05, 4.69) is 0 Å². The Hall–Kier alpha value is -3.35. The number of hydrogen-bond acceptors (Lipinski definition) is 11. The third-order valence-corrected chi connectivity index (χ3v) is 4.92.